The van der Waals surface area contributed by atoms with Crippen LogP contribution in [0.4, 0.5) is 5.69 Å². The zero-order valence-corrected chi connectivity index (χ0v) is 22.3. The summed E-state index contributed by atoms with van der Waals surface area (Å²) in [6, 6.07) is 25.2. The number of amides is 1. The van der Waals surface area contributed by atoms with Gasteiger partial charge in [-0.3, -0.25) is 9.10 Å². The lowest BCUT2D eigenvalue weighted by Crippen LogP contribution is -2.29. The van der Waals surface area contributed by atoms with E-state index in [0.717, 1.165) is 28.2 Å². The zero-order valence-electron chi connectivity index (χ0n) is 20.7. The SMILES string of the molecule is Cc1cc(/C=N\NC(=O)c2ccc(CN(c3ccccc3)S(C)(=O)=O)cc2)c(C)n1-c1ccccc1Cl. The van der Waals surface area contributed by atoms with Crippen molar-refractivity contribution in [3.05, 3.63) is 118 Å². The molecule has 1 aromatic heterocycles. The number of sulfonamides is 1. The maximum Gasteiger partial charge on any atom is 0.271 e. The molecule has 0 radical (unpaired) electrons. The summed E-state index contributed by atoms with van der Waals surface area (Å²) in [7, 11) is -3.48. The summed E-state index contributed by atoms with van der Waals surface area (Å²) in [5.74, 6) is -0.370. The van der Waals surface area contributed by atoms with Crippen molar-refractivity contribution in [2.75, 3.05) is 10.6 Å². The van der Waals surface area contributed by atoms with Gasteiger partial charge in [-0.1, -0.05) is 54.1 Å². The van der Waals surface area contributed by atoms with Gasteiger partial charge in [-0.15, -0.1) is 0 Å². The van der Waals surface area contributed by atoms with Crippen LogP contribution < -0.4 is 9.73 Å². The van der Waals surface area contributed by atoms with E-state index in [1.165, 1.54) is 10.6 Å². The molecule has 1 N–H and O–H groups in total. The number of para-hydroxylation sites is 2. The number of halogens is 1. The van der Waals surface area contributed by atoms with Gasteiger partial charge in [-0.25, -0.2) is 13.8 Å². The van der Waals surface area contributed by atoms with Crippen molar-refractivity contribution in [1.82, 2.24) is 9.99 Å². The first kappa shape index (κ1) is 26.2. The van der Waals surface area contributed by atoms with Crippen LogP contribution in [0.3, 0.4) is 0 Å². The van der Waals surface area contributed by atoms with Crippen LogP contribution >= 0.6 is 11.6 Å². The first-order chi connectivity index (χ1) is 17.6. The van der Waals surface area contributed by atoms with E-state index < -0.39 is 10.0 Å². The quantitative estimate of drug-likeness (QED) is 0.240. The lowest BCUT2D eigenvalue weighted by atomic mass is 10.1. The Labute approximate surface area is 222 Å². The van der Waals surface area contributed by atoms with Crippen LogP contribution in [-0.2, 0) is 16.6 Å². The molecule has 0 fully saturated rings. The molecule has 1 heterocycles. The molecular weight excluding hydrogens is 508 g/mol. The van der Waals surface area contributed by atoms with Gasteiger partial charge in [-0.05, 0) is 61.9 Å². The Morgan fingerprint density at radius 1 is 1.00 bits per heavy atom. The van der Waals surface area contributed by atoms with Gasteiger partial charge < -0.3 is 4.57 Å². The summed E-state index contributed by atoms with van der Waals surface area (Å²) in [5.41, 5.74) is 7.97. The van der Waals surface area contributed by atoms with Gasteiger partial charge in [0.25, 0.3) is 5.91 Å². The summed E-state index contributed by atoms with van der Waals surface area (Å²) in [6.45, 7) is 4.11. The van der Waals surface area contributed by atoms with Gasteiger partial charge in [0, 0.05) is 22.5 Å². The van der Waals surface area contributed by atoms with E-state index in [1.54, 1.807) is 54.7 Å². The van der Waals surface area contributed by atoms with E-state index in [2.05, 4.69) is 10.5 Å². The van der Waals surface area contributed by atoms with Gasteiger partial charge in [0.05, 0.1) is 35.4 Å². The lowest BCUT2D eigenvalue weighted by Gasteiger charge is -2.22. The molecule has 9 heteroatoms. The Bertz CT molecular complexity index is 1550. The topological polar surface area (TPSA) is 83.8 Å². The second kappa shape index (κ2) is 11.0. The number of hydrogen-bond donors (Lipinski definition) is 1. The first-order valence-corrected chi connectivity index (χ1v) is 13.8. The van der Waals surface area contributed by atoms with Gasteiger partial charge in [0.1, 0.15) is 0 Å². The molecular formula is C28H27ClN4O3S. The number of aromatic nitrogens is 1. The van der Waals surface area contributed by atoms with Crippen molar-refractivity contribution >= 4 is 39.4 Å². The van der Waals surface area contributed by atoms with Crippen LogP contribution in [0.1, 0.15) is 32.9 Å². The molecule has 0 saturated carbocycles. The standard InChI is InChI=1S/C28H27ClN4O3S/c1-20-17-24(21(2)33(20)27-12-8-7-11-26(27)29)18-30-31-28(34)23-15-13-22(14-16-23)19-32(37(3,35)36)25-9-5-4-6-10-25/h4-18H,19H2,1-3H3,(H,31,34)/b30-18-. The molecule has 0 aliphatic rings. The molecule has 0 bridgehead atoms. The fraction of sp³-hybridized carbons (Fsp3) is 0.143. The highest BCUT2D eigenvalue weighted by Crippen LogP contribution is 2.25. The van der Waals surface area contributed by atoms with E-state index in [4.69, 9.17) is 11.6 Å². The minimum atomic E-state index is -3.48. The molecule has 190 valence electrons. The van der Waals surface area contributed by atoms with Crippen LogP contribution in [0.15, 0.2) is 90.0 Å². The average Bonchev–Trinajstić information content (AvgIpc) is 3.15. The minimum absolute atomic E-state index is 0.157. The van der Waals surface area contributed by atoms with Crippen LogP contribution in [-0.4, -0.2) is 31.4 Å². The van der Waals surface area contributed by atoms with E-state index >= 15 is 0 Å². The summed E-state index contributed by atoms with van der Waals surface area (Å²) in [4.78, 5) is 12.6. The molecule has 3 aromatic carbocycles. The maximum absolute atomic E-state index is 12.6. The number of benzene rings is 3. The molecule has 7 nitrogen and oxygen atoms in total. The Kier molecular flexibility index (Phi) is 7.80. The molecule has 0 atom stereocenters. The number of hydrazone groups is 1. The third-order valence-corrected chi connectivity index (χ3v) is 7.38. The molecule has 1 amide bonds. The highest BCUT2D eigenvalue weighted by molar-refractivity contribution is 7.92. The third kappa shape index (κ3) is 6.10. The zero-order chi connectivity index (χ0) is 26.6. The average molecular weight is 535 g/mol. The molecule has 0 aliphatic carbocycles. The predicted octanol–water partition coefficient (Wildman–Crippen LogP) is 5.48. The van der Waals surface area contributed by atoms with Crippen molar-refractivity contribution in [3.63, 3.8) is 0 Å². The third-order valence-electron chi connectivity index (χ3n) is 5.92. The van der Waals surface area contributed by atoms with Crippen LogP contribution in [0, 0.1) is 13.8 Å². The Morgan fingerprint density at radius 3 is 2.30 bits per heavy atom. The molecule has 0 spiro atoms. The highest BCUT2D eigenvalue weighted by Gasteiger charge is 2.18. The van der Waals surface area contributed by atoms with Gasteiger partial charge in [0.2, 0.25) is 10.0 Å². The van der Waals surface area contributed by atoms with Crippen LogP contribution in [0.25, 0.3) is 5.69 Å². The second-order valence-electron chi connectivity index (χ2n) is 8.61. The number of carbonyl (C=O) groups excluding carboxylic acids is 1. The van der Waals surface area contributed by atoms with Crippen molar-refractivity contribution in [2.45, 2.75) is 20.4 Å². The molecule has 4 rings (SSSR count). The van der Waals surface area contributed by atoms with Crippen molar-refractivity contribution in [2.24, 2.45) is 5.10 Å². The summed E-state index contributed by atoms with van der Waals surface area (Å²) >= 11 is 6.37. The number of anilines is 1. The fourth-order valence-corrected chi connectivity index (χ4v) is 5.18. The van der Waals surface area contributed by atoms with Crippen molar-refractivity contribution in [1.29, 1.82) is 0 Å². The van der Waals surface area contributed by atoms with Crippen LogP contribution in [0.2, 0.25) is 5.02 Å². The molecule has 4 aromatic rings. The smallest absolute Gasteiger partial charge is 0.271 e. The Hall–Kier alpha value is -3.88. The molecule has 0 unspecified atom stereocenters. The van der Waals surface area contributed by atoms with E-state index in [9.17, 15) is 13.2 Å². The van der Waals surface area contributed by atoms with E-state index in [-0.39, 0.29) is 12.5 Å². The Morgan fingerprint density at radius 2 is 1.65 bits per heavy atom. The summed E-state index contributed by atoms with van der Waals surface area (Å²) in [5, 5.41) is 4.78. The largest absolute Gasteiger partial charge is 0.316 e. The number of aryl methyl sites for hydroxylation is 1. The Balaban J connectivity index is 1.44. The second-order valence-corrected chi connectivity index (χ2v) is 10.9. The number of carbonyl (C=O) groups is 1. The van der Waals surface area contributed by atoms with Gasteiger partial charge in [-0.2, -0.15) is 5.10 Å². The first-order valence-electron chi connectivity index (χ1n) is 11.5. The molecule has 0 aliphatic heterocycles. The minimum Gasteiger partial charge on any atom is -0.316 e. The fourth-order valence-electron chi connectivity index (χ4n) is 4.07. The highest BCUT2D eigenvalue weighted by atomic mass is 35.5. The predicted molar refractivity (Wildman–Crippen MR) is 149 cm³/mol. The molecule has 37 heavy (non-hydrogen) atoms. The number of nitrogens with zero attached hydrogens (tertiary/aromatic N) is 3. The number of nitrogens with one attached hydrogen (secondary N) is 1. The van der Waals surface area contributed by atoms with Crippen molar-refractivity contribution in [3.8, 4) is 5.69 Å². The van der Waals surface area contributed by atoms with Crippen LogP contribution in [0.5, 0.6) is 0 Å². The van der Waals surface area contributed by atoms with Gasteiger partial charge in [0.15, 0.2) is 0 Å². The lowest BCUT2D eigenvalue weighted by molar-refractivity contribution is 0.0955. The monoisotopic (exact) mass is 534 g/mol. The maximum atomic E-state index is 12.6. The van der Waals surface area contributed by atoms with E-state index in [0.29, 0.717) is 16.3 Å². The number of rotatable bonds is 8. The molecule has 0 saturated heterocycles. The summed E-state index contributed by atoms with van der Waals surface area (Å²) in [6.07, 6.45) is 2.78. The normalized spacial score (nSPS) is 11.6. The van der Waals surface area contributed by atoms with E-state index in [1.807, 2.05) is 54.8 Å². The summed E-state index contributed by atoms with van der Waals surface area (Å²) < 4.78 is 28.0. The van der Waals surface area contributed by atoms with Gasteiger partial charge >= 0.3 is 0 Å². The van der Waals surface area contributed by atoms with Crippen molar-refractivity contribution < 1.29 is 13.2 Å². The number of hydrogen-bond acceptors (Lipinski definition) is 4.